The van der Waals surface area contributed by atoms with E-state index in [2.05, 4.69) is 39.9 Å². The summed E-state index contributed by atoms with van der Waals surface area (Å²) in [5.41, 5.74) is 5.84. The second-order valence-electron chi connectivity index (χ2n) is 8.66. The van der Waals surface area contributed by atoms with E-state index in [-0.39, 0.29) is 24.3 Å². The second-order valence-corrected chi connectivity index (χ2v) is 8.66. The van der Waals surface area contributed by atoms with Crippen LogP contribution in [0.2, 0.25) is 0 Å². The molecule has 0 saturated heterocycles. The molecule has 1 amide bonds. The Balaban J connectivity index is 1.33. The first-order valence-corrected chi connectivity index (χ1v) is 11.5. The third-order valence-electron chi connectivity index (χ3n) is 6.66. The Labute approximate surface area is 197 Å². The maximum Gasteiger partial charge on any atom is 0.407 e. The van der Waals surface area contributed by atoms with E-state index in [4.69, 9.17) is 4.74 Å². The van der Waals surface area contributed by atoms with E-state index >= 15 is 0 Å². The molecule has 0 bridgehead atoms. The standard InChI is InChI=1S/C27H26N4O3/c1-3-17(2)25(26(32)31-24-15-9-8-14-23(24)29-30-31)28-27(33)34-16-22-20-12-6-4-10-18(20)19-11-5-7-13-21(19)22/h4-15,17,22,25H,3,16H2,1-2H3,(H,28,33)/t17?,25-/m0/s1. The average Bonchev–Trinajstić information content (AvgIpc) is 3.45. The van der Waals surface area contributed by atoms with Gasteiger partial charge in [0.05, 0.1) is 5.52 Å². The first-order chi connectivity index (χ1) is 16.6. The predicted molar refractivity (Wildman–Crippen MR) is 130 cm³/mol. The molecule has 0 saturated carbocycles. The van der Waals surface area contributed by atoms with Crippen molar-refractivity contribution in [3.8, 4) is 11.1 Å². The molecule has 0 aliphatic heterocycles. The molecule has 1 heterocycles. The van der Waals surface area contributed by atoms with Crippen molar-refractivity contribution in [2.24, 2.45) is 5.92 Å². The van der Waals surface area contributed by atoms with Gasteiger partial charge in [0.25, 0.3) is 5.91 Å². The Morgan fingerprint density at radius 2 is 1.59 bits per heavy atom. The van der Waals surface area contributed by atoms with Gasteiger partial charge in [-0.05, 0) is 40.3 Å². The number of nitrogens with zero attached hydrogens (tertiary/aromatic N) is 3. The normalized spacial score (nSPS) is 14.3. The van der Waals surface area contributed by atoms with Gasteiger partial charge in [-0.15, -0.1) is 5.10 Å². The highest BCUT2D eigenvalue weighted by Gasteiger charge is 2.32. The number of benzene rings is 3. The number of amides is 1. The molecule has 172 valence electrons. The van der Waals surface area contributed by atoms with Gasteiger partial charge in [-0.2, -0.15) is 4.68 Å². The van der Waals surface area contributed by atoms with Crippen molar-refractivity contribution < 1.29 is 14.3 Å². The number of ether oxygens (including phenoxy) is 1. The topological polar surface area (TPSA) is 86.1 Å². The van der Waals surface area contributed by atoms with Crippen molar-refractivity contribution in [2.75, 3.05) is 6.61 Å². The molecule has 1 unspecified atom stereocenters. The van der Waals surface area contributed by atoms with E-state index < -0.39 is 12.1 Å². The Bertz CT molecular complexity index is 1320. The Kier molecular flexibility index (Phi) is 5.84. The second kappa shape index (κ2) is 9.09. The van der Waals surface area contributed by atoms with E-state index in [1.807, 2.05) is 50.2 Å². The number of rotatable bonds is 6. The van der Waals surface area contributed by atoms with Crippen molar-refractivity contribution in [2.45, 2.75) is 32.2 Å². The molecule has 4 aromatic rings. The van der Waals surface area contributed by atoms with Crippen LogP contribution in [0.15, 0.2) is 72.8 Å². The molecule has 0 radical (unpaired) electrons. The Morgan fingerprint density at radius 3 is 2.26 bits per heavy atom. The van der Waals surface area contributed by atoms with Crippen LogP contribution in [0.3, 0.4) is 0 Å². The molecular weight excluding hydrogens is 428 g/mol. The van der Waals surface area contributed by atoms with E-state index in [0.717, 1.165) is 22.3 Å². The molecule has 0 spiro atoms. The highest BCUT2D eigenvalue weighted by molar-refractivity contribution is 5.93. The lowest BCUT2D eigenvalue weighted by Crippen LogP contribution is -2.47. The van der Waals surface area contributed by atoms with E-state index in [0.29, 0.717) is 17.5 Å². The highest BCUT2D eigenvalue weighted by atomic mass is 16.5. The summed E-state index contributed by atoms with van der Waals surface area (Å²) in [5, 5.41) is 10.9. The summed E-state index contributed by atoms with van der Waals surface area (Å²) in [7, 11) is 0. The zero-order valence-electron chi connectivity index (χ0n) is 19.1. The maximum absolute atomic E-state index is 13.3. The molecule has 2 atom stereocenters. The molecule has 7 heteroatoms. The summed E-state index contributed by atoms with van der Waals surface area (Å²) >= 11 is 0. The fourth-order valence-electron chi connectivity index (χ4n) is 4.61. The van der Waals surface area contributed by atoms with Crippen LogP contribution in [0.1, 0.15) is 42.1 Å². The van der Waals surface area contributed by atoms with Crippen LogP contribution in [0, 0.1) is 5.92 Å². The minimum absolute atomic E-state index is 0.0461. The third kappa shape index (κ3) is 3.83. The summed E-state index contributed by atoms with van der Waals surface area (Å²) in [5.74, 6) is -0.498. The SMILES string of the molecule is CCC(C)[C@H](NC(=O)OCC1c2ccccc2-c2ccccc21)C(=O)n1nnc2ccccc21. The van der Waals surface area contributed by atoms with Crippen LogP contribution >= 0.6 is 0 Å². The van der Waals surface area contributed by atoms with Crippen molar-refractivity contribution in [3.05, 3.63) is 83.9 Å². The fourth-order valence-corrected chi connectivity index (χ4v) is 4.61. The molecule has 1 N–H and O–H groups in total. The Morgan fingerprint density at radius 1 is 0.971 bits per heavy atom. The number of aromatic nitrogens is 3. The number of carbonyl (C=O) groups excluding carboxylic acids is 2. The van der Waals surface area contributed by atoms with Gasteiger partial charge >= 0.3 is 6.09 Å². The molecule has 1 aliphatic rings. The number of hydrogen-bond acceptors (Lipinski definition) is 5. The quantitative estimate of drug-likeness (QED) is 0.442. The summed E-state index contributed by atoms with van der Waals surface area (Å²) in [6.45, 7) is 4.09. The summed E-state index contributed by atoms with van der Waals surface area (Å²) in [6.07, 6.45) is 0.0807. The number of hydrogen-bond donors (Lipinski definition) is 1. The van der Waals surface area contributed by atoms with Crippen molar-refractivity contribution >= 4 is 23.0 Å². The van der Waals surface area contributed by atoms with Crippen LogP contribution in [0.25, 0.3) is 22.2 Å². The Hall–Kier alpha value is -4.00. The molecule has 3 aromatic carbocycles. The van der Waals surface area contributed by atoms with E-state index in [1.165, 1.54) is 4.68 Å². The fraction of sp³-hybridized carbons (Fsp3) is 0.259. The number of para-hydroxylation sites is 1. The molecule has 1 aromatic heterocycles. The van der Waals surface area contributed by atoms with Gasteiger partial charge in [-0.25, -0.2) is 4.79 Å². The van der Waals surface area contributed by atoms with Gasteiger partial charge in [0.15, 0.2) is 0 Å². The molecule has 0 fully saturated rings. The van der Waals surface area contributed by atoms with Gasteiger partial charge in [0.1, 0.15) is 18.2 Å². The summed E-state index contributed by atoms with van der Waals surface area (Å²) < 4.78 is 6.93. The number of carbonyl (C=O) groups is 2. The maximum atomic E-state index is 13.3. The van der Waals surface area contributed by atoms with Gasteiger partial charge in [-0.3, -0.25) is 4.79 Å². The van der Waals surface area contributed by atoms with Crippen molar-refractivity contribution in [1.82, 2.24) is 20.3 Å². The first-order valence-electron chi connectivity index (χ1n) is 11.5. The van der Waals surface area contributed by atoms with Gasteiger partial charge in [0, 0.05) is 5.92 Å². The lowest BCUT2D eigenvalue weighted by molar-refractivity contribution is 0.0786. The summed E-state index contributed by atoms with van der Waals surface area (Å²) in [4.78, 5) is 26.2. The number of fused-ring (bicyclic) bond motifs is 4. The molecule has 1 aliphatic carbocycles. The largest absolute Gasteiger partial charge is 0.449 e. The summed E-state index contributed by atoms with van der Waals surface area (Å²) in [6, 6.07) is 22.8. The number of nitrogens with one attached hydrogen (secondary N) is 1. The zero-order chi connectivity index (χ0) is 23.7. The van der Waals surface area contributed by atoms with Crippen molar-refractivity contribution in [1.29, 1.82) is 0 Å². The number of alkyl carbamates (subject to hydrolysis) is 1. The van der Waals surface area contributed by atoms with Crippen LogP contribution in [-0.2, 0) is 4.74 Å². The van der Waals surface area contributed by atoms with E-state index in [1.54, 1.807) is 12.1 Å². The third-order valence-corrected chi connectivity index (χ3v) is 6.66. The molecule has 7 nitrogen and oxygen atoms in total. The minimum Gasteiger partial charge on any atom is -0.449 e. The molecule has 5 rings (SSSR count). The smallest absolute Gasteiger partial charge is 0.407 e. The van der Waals surface area contributed by atoms with Crippen molar-refractivity contribution in [3.63, 3.8) is 0 Å². The molecule has 34 heavy (non-hydrogen) atoms. The van der Waals surface area contributed by atoms with Crippen LogP contribution in [0.5, 0.6) is 0 Å². The van der Waals surface area contributed by atoms with Crippen LogP contribution < -0.4 is 5.32 Å². The average molecular weight is 455 g/mol. The lowest BCUT2D eigenvalue weighted by Gasteiger charge is -2.23. The van der Waals surface area contributed by atoms with Gasteiger partial charge in [0.2, 0.25) is 0 Å². The first kappa shape index (κ1) is 21.8. The highest BCUT2D eigenvalue weighted by Crippen LogP contribution is 2.44. The predicted octanol–water partition coefficient (Wildman–Crippen LogP) is 5.02. The van der Waals surface area contributed by atoms with Gasteiger partial charge in [-0.1, -0.05) is 86.1 Å². The molecular formula is C27H26N4O3. The monoisotopic (exact) mass is 454 g/mol. The minimum atomic E-state index is -0.786. The van der Waals surface area contributed by atoms with Gasteiger partial charge < -0.3 is 10.1 Å². The van der Waals surface area contributed by atoms with Crippen LogP contribution in [0.4, 0.5) is 4.79 Å². The zero-order valence-corrected chi connectivity index (χ0v) is 19.1. The van der Waals surface area contributed by atoms with E-state index in [9.17, 15) is 9.59 Å². The lowest BCUT2D eigenvalue weighted by atomic mass is 9.98. The van der Waals surface area contributed by atoms with Crippen LogP contribution in [-0.4, -0.2) is 39.6 Å².